The second-order valence-electron chi connectivity index (χ2n) is 5.83. The minimum absolute atomic E-state index is 0.0417. The molecule has 7 nitrogen and oxygen atoms in total. The first-order valence-corrected chi connectivity index (χ1v) is 9.39. The Morgan fingerprint density at radius 1 is 1.00 bits per heavy atom. The first-order chi connectivity index (χ1) is 13.6. The van der Waals surface area contributed by atoms with E-state index in [1.165, 1.54) is 11.3 Å². The summed E-state index contributed by atoms with van der Waals surface area (Å²) in [5.41, 5.74) is 6.52. The van der Waals surface area contributed by atoms with Crippen LogP contribution in [0.1, 0.15) is 26.6 Å². The molecule has 0 saturated carbocycles. The smallest absolute Gasteiger partial charge is 0.426 e. The fraction of sp³-hybridized carbons (Fsp3) is 0.150. The van der Waals surface area contributed by atoms with Gasteiger partial charge < -0.3 is 9.47 Å². The Hall–Kier alpha value is -3.39. The fourth-order valence-electron chi connectivity index (χ4n) is 2.29. The van der Waals surface area contributed by atoms with E-state index >= 15 is 0 Å². The molecule has 2 aromatic carbocycles. The lowest BCUT2D eigenvalue weighted by molar-refractivity contribution is 0.0900. The Morgan fingerprint density at radius 2 is 1.79 bits per heavy atom. The highest BCUT2D eigenvalue weighted by molar-refractivity contribution is 7.09. The van der Waals surface area contributed by atoms with Crippen molar-refractivity contribution in [1.29, 1.82) is 0 Å². The number of rotatable bonds is 6. The lowest BCUT2D eigenvalue weighted by Crippen LogP contribution is -2.42. The third kappa shape index (κ3) is 5.82. The summed E-state index contributed by atoms with van der Waals surface area (Å²) in [6, 6.07) is 17.1. The van der Waals surface area contributed by atoms with Crippen molar-refractivity contribution in [2.75, 3.05) is 0 Å². The van der Waals surface area contributed by atoms with Gasteiger partial charge in [0.05, 0.1) is 5.01 Å². The molecule has 0 atom stereocenters. The van der Waals surface area contributed by atoms with E-state index in [1.54, 1.807) is 18.4 Å². The van der Waals surface area contributed by atoms with Gasteiger partial charge in [0.1, 0.15) is 24.7 Å². The van der Waals surface area contributed by atoms with Gasteiger partial charge in [-0.3, -0.25) is 10.2 Å². The molecule has 0 unspecified atom stereocenters. The number of nitrogens with one attached hydrogen (secondary N) is 2. The number of aryl methyl sites for hydroxylation is 1. The zero-order chi connectivity index (χ0) is 19.8. The van der Waals surface area contributed by atoms with Gasteiger partial charge >= 0.3 is 6.09 Å². The van der Waals surface area contributed by atoms with E-state index in [-0.39, 0.29) is 12.3 Å². The van der Waals surface area contributed by atoms with Gasteiger partial charge in [0.15, 0.2) is 0 Å². The molecule has 3 aromatic rings. The number of amides is 2. The number of hydrazine groups is 1. The maximum Gasteiger partial charge on any atom is 0.426 e. The van der Waals surface area contributed by atoms with Crippen LogP contribution in [0, 0.1) is 6.92 Å². The lowest BCUT2D eigenvalue weighted by Gasteiger charge is -2.10. The maximum atomic E-state index is 11.8. The molecule has 28 heavy (non-hydrogen) atoms. The molecule has 1 heterocycles. The summed E-state index contributed by atoms with van der Waals surface area (Å²) in [6.07, 6.45) is -0.768. The third-order valence-electron chi connectivity index (χ3n) is 3.65. The van der Waals surface area contributed by atoms with Crippen molar-refractivity contribution in [3.63, 3.8) is 0 Å². The topological polar surface area (TPSA) is 89.6 Å². The molecule has 3 rings (SSSR count). The van der Waals surface area contributed by atoms with Crippen LogP contribution in [0.5, 0.6) is 5.75 Å². The molecule has 0 saturated heterocycles. The average Bonchev–Trinajstić information content (AvgIpc) is 3.16. The van der Waals surface area contributed by atoms with Crippen LogP contribution >= 0.6 is 11.3 Å². The molecule has 0 radical (unpaired) electrons. The van der Waals surface area contributed by atoms with Gasteiger partial charge in [-0.2, -0.15) is 0 Å². The monoisotopic (exact) mass is 397 g/mol. The molecule has 8 heteroatoms. The summed E-state index contributed by atoms with van der Waals surface area (Å²) >= 11 is 1.35. The van der Waals surface area contributed by atoms with Gasteiger partial charge in [-0.15, -0.1) is 11.3 Å². The number of thiazole rings is 1. The van der Waals surface area contributed by atoms with Crippen LogP contribution in [0.4, 0.5) is 4.79 Å². The predicted octanol–water partition coefficient (Wildman–Crippen LogP) is 3.60. The van der Waals surface area contributed by atoms with Crippen molar-refractivity contribution in [3.05, 3.63) is 81.8 Å². The summed E-state index contributed by atoms with van der Waals surface area (Å²) in [6.45, 7) is 2.29. The van der Waals surface area contributed by atoms with Gasteiger partial charge in [0, 0.05) is 5.38 Å². The van der Waals surface area contributed by atoms with Crippen LogP contribution in [0.25, 0.3) is 0 Å². The molecule has 0 aliphatic carbocycles. The molecule has 0 aliphatic rings. The molecule has 0 fully saturated rings. The van der Waals surface area contributed by atoms with E-state index in [9.17, 15) is 9.59 Å². The second kappa shape index (κ2) is 9.52. The number of carbonyl (C=O) groups excluding carboxylic acids is 2. The molecular weight excluding hydrogens is 378 g/mol. The van der Waals surface area contributed by atoms with E-state index in [2.05, 4.69) is 15.8 Å². The maximum absolute atomic E-state index is 11.8. The van der Waals surface area contributed by atoms with Crippen molar-refractivity contribution in [3.8, 4) is 5.75 Å². The normalized spacial score (nSPS) is 10.2. The zero-order valence-electron chi connectivity index (χ0n) is 15.2. The van der Waals surface area contributed by atoms with Crippen LogP contribution in [0.15, 0.2) is 60.0 Å². The fourth-order valence-corrected chi connectivity index (χ4v) is 2.88. The number of hydrogen-bond acceptors (Lipinski definition) is 6. The van der Waals surface area contributed by atoms with Crippen molar-refractivity contribution < 1.29 is 19.1 Å². The third-order valence-corrected chi connectivity index (χ3v) is 4.42. The highest BCUT2D eigenvalue weighted by atomic mass is 32.1. The summed E-state index contributed by atoms with van der Waals surface area (Å²) < 4.78 is 10.8. The number of aromatic nitrogens is 1. The first-order valence-electron chi connectivity index (χ1n) is 8.51. The van der Waals surface area contributed by atoms with Gasteiger partial charge in [-0.1, -0.05) is 42.5 Å². The van der Waals surface area contributed by atoms with E-state index in [4.69, 9.17) is 9.47 Å². The van der Waals surface area contributed by atoms with E-state index in [1.807, 2.05) is 48.5 Å². The quantitative estimate of drug-likeness (QED) is 0.621. The van der Waals surface area contributed by atoms with E-state index < -0.39 is 12.0 Å². The summed E-state index contributed by atoms with van der Waals surface area (Å²) in [5, 5.41) is 2.38. The molecule has 0 bridgehead atoms. The Kier molecular flexibility index (Phi) is 6.59. The Morgan fingerprint density at radius 3 is 2.54 bits per heavy atom. The summed E-state index contributed by atoms with van der Waals surface area (Å²) in [4.78, 5) is 27.6. The zero-order valence-corrected chi connectivity index (χ0v) is 16.0. The average molecular weight is 397 g/mol. The predicted molar refractivity (Wildman–Crippen MR) is 105 cm³/mol. The molecule has 1 aromatic heterocycles. The SMILES string of the molecule is Cc1nc(C(=O)NNC(=O)OCc2cccc(OCc3ccccc3)c2)cs1. The highest BCUT2D eigenvalue weighted by Crippen LogP contribution is 2.16. The van der Waals surface area contributed by atoms with E-state index in [0.717, 1.165) is 16.1 Å². The van der Waals surface area contributed by atoms with Gasteiger partial charge in [0.2, 0.25) is 0 Å². The number of ether oxygens (including phenoxy) is 2. The summed E-state index contributed by atoms with van der Waals surface area (Å²) in [5.74, 6) is 0.176. The van der Waals surface area contributed by atoms with Crippen LogP contribution < -0.4 is 15.6 Å². The van der Waals surface area contributed by atoms with Crippen molar-refractivity contribution in [1.82, 2.24) is 15.8 Å². The number of hydrogen-bond donors (Lipinski definition) is 2. The highest BCUT2D eigenvalue weighted by Gasteiger charge is 2.11. The second-order valence-corrected chi connectivity index (χ2v) is 6.89. The van der Waals surface area contributed by atoms with Crippen LogP contribution in [-0.4, -0.2) is 17.0 Å². The van der Waals surface area contributed by atoms with Crippen molar-refractivity contribution in [2.45, 2.75) is 20.1 Å². The molecule has 2 amide bonds. The molecule has 0 aliphatic heterocycles. The van der Waals surface area contributed by atoms with Gasteiger partial charge in [-0.05, 0) is 30.2 Å². The Labute approximate surface area is 166 Å². The van der Waals surface area contributed by atoms with Crippen LogP contribution in [-0.2, 0) is 18.0 Å². The van der Waals surface area contributed by atoms with Crippen molar-refractivity contribution >= 4 is 23.3 Å². The number of nitrogens with zero attached hydrogens (tertiary/aromatic N) is 1. The number of carbonyl (C=O) groups is 2. The van der Waals surface area contributed by atoms with E-state index in [0.29, 0.717) is 12.4 Å². The largest absolute Gasteiger partial charge is 0.489 e. The molecule has 2 N–H and O–H groups in total. The lowest BCUT2D eigenvalue weighted by atomic mass is 10.2. The molecule has 144 valence electrons. The summed E-state index contributed by atoms with van der Waals surface area (Å²) in [7, 11) is 0. The van der Waals surface area contributed by atoms with Crippen molar-refractivity contribution in [2.24, 2.45) is 0 Å². The Balaban J connectivity index is 1.43. The van der Waals surface area contributed by atoms with Crippen LogP contribution in [0.3, 0.4) is 0 Å². The minimum Gasteiger partial charge on any atom is -0.489 e. The standard InChI is InChI=1S/C20H19N3O4S/c1-14-21-18(13-28-14)19(24)22-23-20(25)27-12-16-8-5-9-17(10-16)26-11-15-6-3-2-4-7-15/h2-10,13H,11-12H2,1H3,(H,22,24)(H,23,25). The minimum atomic E-state index is -0.768. The molecule has 0 spiro atoms. The molecular formula is C20H19N3O4S. The van der Waals surface area contributed by atoms with Gasteiger partial charge in [-0.25, -0.2) is 15.2 Å². The Bertz CT molecular complexity index is 943. The van der Waals surface area contributed by atoms with Crippen LogP contribution in [0.2, 0.25) is 0 Å². The first kappa shape index (κ1) is 19.4. The van der Waals surface area contributed by atoms with Gasteiger partial charge in [0.25, 0.3) is 5.91 Å². The number of benzene rings is 2.